The van der Waals surface area contributed by atoms with Crippen LogP contribution in [0.2, 0.25) is 0 Å². The van der Waals surface area contributed by atoms with Gasteiger partial charge in [-0.3, -0.25) is 19.4 Å². The zero-order chi connectivity index (χ0) is 22.2. The van der Waals surface area contributed by atoms with Gasteiger partial charge < -0.3 is 19.9 Å². The summed E-state index contributed by atoms with van der Waals surface area (Å²) in [7, 11) is 0. The Morgan fingerprint density at radius 2 is 1.38 bits per heavy atom. The van der Waals surface area contributed by atoms with Crippen LogP contribution >= 0.6 is 0 Å². The lowest BCUT2D eigenvalue weighted by atomic mass is 10.2. The van der Waals surface area contributed by atoms with Crippen LogP contribution in [0.4, 0.5) is 11.4 Å². The van der Waals surface area contributed by atoms with Gasteiger partial charge in [-0.15, -0.1) is 0 Å². The number of amides is 2. The normalized spacial score (nSPS) is 21.2. The molecule has 0 saturated carbocycles. The van der Waals surface area contributed by atoms with Gasteiger partial charge in [-0.05, 0) is 37.1 Å². The van der Waals surface area contributed by atoms with Gasteiger partial charge in [0.05, 0.1) is 26.3 Å². The smallest absolute Gasteiger partial charge is 0.238 e. The number of hydrogen-bond acceptors (Lipinski definition) is 6. The SMILES string of the molecule is O=C(CN1CCN(C(=O)CN2CCOCC2)CC1)Nc1ccc(N2CCCCCC2)cc1. The molecule has 3 aliphatic heterocycles. The van der Waals surface area contributed by atoms with E-state index in [1.54, 1.807) is 0 Å². The summed E-state index contributed by atoms with van der Waals surface area (Å²) in [6.45, 7) is 8.95. The molecule has 2 amide bonds. The maximum absolute atomic E-state index is 12.5. The summed E-state index contributed by atoms with van der Waals surface area (Å²) in [6.07, 6.45) is 5.15. The van der Waals surface area contributed by atoms with Crippen molar-refractivity contribution >= 4 is 23.2 Å². The van der Waals surface area contributed by atoms with Crippen molar-refractivity contribution < 1.29 is 14.3 Å². The van der Waals surface area contributed by atoms with Crippen molar-refractivity contribution in [2.24, 2.45) is 0 Å². The van der Waals surface area contributed by atoms with Gasteiger partial charge in [-0.25, -0.2) is 0 Å². The Morgan fingerprint density at radius 1 is 0.750 bits per heavy atom. The first kappa shape index (κ1) is 23.0. The number of morpholine rings is 1. The second kappa shape index (κ2) is 11.6. The Bertz CT molecular complexity index is 735. The standard InChI is InChI=1S/C24H37N5O3/c30-23(25-21-5-7-22(8-6-21)28-9-3-1-2-4-10-28)19-26-11-13-29(14-12-26)24(31)20-27-15-17-32-18-16-27/h5-8H,1-4,9-20H2,(H,25,30). The number of rotatable bonds is 6. The van der Waals surface area contributed by atoms with Crippen LogP contribution in [0.25, 0.3) is 0 Å². The number of carbonyl (C=O) groups is 2. The number of carbonyl (C=O) groups excluding carboxylic acids is 2. The van der Waals surface area contributed by atoms with E-state index in [1.807, 2.05) is 17.0 Å². The van der Waals surface area contributed by atoms with Crippen molar-refractivity contribution in [3.63, 3.8) is 0 Å². The Morgan fingerprint density at radius 3 is 2.03 bits per heavy atom. The van der Waals surface area contributed by atoms with Crippen LogP contribution in [0.1, 0.15) is 25.7 Å². The first-order valence-electron chi connectivity index (χ1n) is 12.1. The molecule has 0 aliphatic carbocycles. The molecule has 3 heterocycles. The second-order valence-corrected chi connectivity index (χ2v) is 9.04. The Balaban J connectivity index is 1.17. The van der Waals surface area contributed by atoms with Crippen LogP contribution in [0.15, 0.2) is 24.3 Å². The highest BCUT2D eigenvalue weighted by Gasteiger charge is 2.24. The average molecular weight is 444 g/mol. The molecule has 0 unspecified atom stereocenters. The summed E-state index contributed by atoms with van der Waals surface area (Å²) >= 11 is 0. The van der Waals surface area contributed by atoms with Gasteiger partial charge in [0.25, 0.3) is 0 Å². The molecule has 176 valence electrons. The lowest BCUT2D eigenvalue weighted by Gasteiger charge is -2.36. The molecular formula is C24H37N5O3. The molecule has 0 radical (unpaired) electrons. The van der Waals surface area contributed by atoms with E-state index >= 15 is 0 Å². The van der Waals surface area contributed by atoms with Crippen molar-refractivity contribution in [1.29, 1.82) is 0 Å². The minimum Gasteiger partial charge on any atom is -0.379 e. The van der Waals surface area contributed by atoms with E-state index in [4.69, 9.17) is 4.74 Å². The fourth-order valence-corrected chi connectivity index (χ4v) is 4.69. The Labute approximate surface area is 191 Å². The molecule has 3 aliphatic rings. The quantitative estimate of drug-likeness (QED) is 0.719. The molecule has 1 aromatic rings. The van der Waals surface area contributed by atoms with Crippen LogP contribution in [0.5, 0.6) is 0 Å². The summed E-state index contributed by atoms with van der Waals surface area (Å²) < 4.78 is 5.35. The van der Waals surface area contributed by atoms with E-state index in [-0.39, 0.29) is 11.8 Å². The number of hydrogen-bond donors (Lipinski definition) is 1. The predicted octanol–water partition coefficient (Wildman–Crippen LogP) is 1.48. The summed E-state index contributed by atoms with van der Waals surface area (Å²) in [5, 5.41) is 3.02. The highest BCUT2D eigenvalue weighted by Crippen LogP contribution is 2.21. The lowest BCUT2D eigenvalue weighted by Crippen LogP contribution is -2.53. The van der Waals surface area contributed by atoms with E-state index in [0.717, 1.165) is 45.0 Å². The third-order valence-electron chi connectivity index (χ3n) is 6.68. The van der Waals surface area contributed by atoms with Crippen LogP contribution in [0, 0.1) is 0 Å². The molecule has 0 aromatic heterocycles. The fraction of sp³-hybridized carbons (Fsp3) is 0.667. The molecule has 0 atom stereocenters. The third kappa shape index (κ3) is 6.67. The number of ether oxygens (including phenoxy) is 1. The summed E-state index contributed by atoms with van der Waals surface area (Å²) in [4.78, 5) is 33.7. The molecule has 0 spiro atoms. The zero-order valence-electron chi connectivity index (χ0n) is 19.1. The highest BCUT2D eigenvalue weighted by molar-refractivity contribution is 5.92. The van der Waals surface area contributed by atoms with Crippen molar-refractivity contribution in [3.8, 4) is 0 Å². The molecular weight excluding hydrogens is 406 g/mol. The average Bonchev–Trinajstić information content (AvgIpc) is 3.10. The fourth-order valence-electron chi connectivity index (χ4n) is 4.69. The zero-order valence-corrected chi connectivity index (χ0v) is 19.1. The molecule has 4 rings (SSSR count). The van der Waals surface area contributed by atoms with Crippen molar-refractivity contribution in [1.82, 2.24) is 14.7 Å². The van der Waals surface area contributed by atoms with Gasteiger partial charge >= 0.3 is 0 Å². The van der Waals surface area contributed by atoms with Crippen molar-refractivity contribution in [2.75, 3.05) is 88.9 Å². The summed E-state index contributed by atoms with van der Waals surface area (Å²) in [5.41, 5.74) is 2.08. The van der Waals surface area contributed by atoms with Gasteiger partial charge in [0, 0.05) is 63.7 Å². The lowest BCUT2D eigenvalue weighted by molar-refractivity contribution is -0.135. The van der Waals surface area contributed by atoms with Gasteiger partial charge in [-0.2, -0.15) is 0 Å². The van der Waals surface area contributed by atoms with E-state index in [1.165, 1.54) is 31.4 Å². The minimum absolute atomic E-state index is 0.000570. The number of benzene rings is 1. The minimum atomic E-state index is 0.000570. The summed E-state index contributed by atoms with van der Waals surface area (Å²) in [6, 6.07) is 8.22. The molecule has 1 N–H and O–H groups in total. The van der Waals surface area contributed by atoms with E-state index in [0.29, 0.717) is 39.4 Å². The van der Waals surface area contributed by atoms with Crippen LogP contribution < -0.4 is 10.2 Å². The maximum Gasteiger partial charge on any atom is 0.238 e. The Hall–Kier alpha value is -2.16. The highest BCUT2D eigenvalue weighted by atomic mass is 16.5. The first-order chi connectivity index (χ1) is 15.7. The van der Waals surface area contributed by atoms with E-state index in [9.17, 15) is 9.59 Å². The molecule has 8 nitrogen and oxygen atoms in total. The van der Waals surface area contributed by atoms with Crippen LogP contribution in [-0.4, -0.2) is 105 Å². The predicted molar refractivity (Wildman–Crippen MR) is 126 cm³/mol. The van der Waals surface area contributed by atoms with Crippen LogP contribution in [-0.2, 0) is 14.3 Å². The molecule has 8 heteroatoms. The molecule has 3 saturated heterocycles. The maximum atomic E-state index is 12.5. The van der Waals surface area contributed by atoms with Gasteiger partial charge in [0.2, 0.25) is 11.8 Å². The molecule has 3 fully saturated rings. The second-order valence-electron chi connectivity index (χ2n) is 9.04. The van der Waals surface area contributed by atoms with Gasteiger partial charge in [0.15, 0.2) is 0 Å². The van der Waals surface area contributed by atoms with E-state index < -0.39 is 0 Å². The van der Waals surface area contributed by atoms with Crippen molar-refractivity contribution in [2.45, 2.75) is 25.7 Å². The van der Waals surface area contributed by atoms with Gasteiger partial charge in [0.1, 0.15) is 0 Å². The number of nitrogens with one attached hydrogen (secondary N) is 1. The molecule has 1 aromatic carbocycles. The monoisotopic (exact) mass is 443 g/mol. The first-order valence-corrected chi connectivity index (χ1v) is 12.1. The number of anilines is 2. The number of piperazine rings is 1. The number of nitrogens with zero attached hydrogens (tertiary/aromatic N) is 4. The van der Waals surface area contributed by atoms with Crippen molar-refractivity contribution in [3.05, 3.63) is 24.3 Å². The summed E-state index contributed by atoms with van der Waals surface area (Å²) in [5.74, 6) is 0.182. The Kier molecular flexibility index (Phi) is 8.36. The molecule has 0 bridgehead atoms. The van der Waals surface area contributed by atoms with Gasteiger partial charge in [-0.1, -0.05) is 12.8 Å². The van der Waals surface area contributed by atoms with E-state index in [2.05, 4.69) is 32.1 Å². The van der Waals surface area contributed by atoms with Crippen LogP contribution in [0.3, 0.4) is 0 Å². The topological polar surface area (TPSA) is 68.4 Å². The largest absolute Gasteiger partial charge is 0.379 e. The third-order valence-corrected chi connectivity index (χ3v) is 6.68. The molecule has 32 heavy (non-hydrogen) atoms.